The second kappa shape index (κ2) is 6.97. The molecule has 1 aromatic carbocycles. The number of rotatable bonds is 4. The maximum absolute atomic E-state index is 13.3. The zero-order chi connectivity index (χ0) is 20.8. The van der Waals surface area contributed by atoms with Crippen molar-refractivity contribution in [2.24, 2.45) is 11.3 Å². The average Bonchev–Trinajstić information content (AvgIpc) is 3.19. The number of likely N-dealkylation sites (tertiary alicyclic amines) is 1. The summed E-state index contributed by atoms with van der Waals surface area (Å²) in [6, 6.07) is 6.88. The number of hydrogen-bond donors (Lipinski definition) is 1. The van der Waals surface area contributed by atoms with Crippen molar-refractivity contribution >= 4 is 11.8 Å². The Labute approximate surface area is 170 Å². The van der Waals surface area contributed by atoms with Crippen molar-refractivity contribution in [2.45, 2.75) is 52.5 Å². The van der Waals surface area contributed by atoms with Crippen molar-refractivity contribution in [3.63, 3.8) is 0 Å². The van der Waals surface area contributed by atoms with Crippen molar-refractivity contribution in [1.82, 2.24) is 20.4 Å². The van der Waals surface area contributed by atoms with Crippen molar-refractivity contribution in [3.8, 4) is 0 Å². The summed E-state index contributed by atoms with van der Waals surface area (Å²) in [5, 5.41) is 11.2. The molecule has 4 rings (SSSR count). The van der Waals surface area contributed by atoms with Crippen LogP contribution in [-0.4, -0.2) is 40.0 Å². The van der Waals surface area contributed by atoms with E-state index in [1.54, 1.807) is 31.2 Å². The summed E-state index contributed by atoms with van der Waals surface area (Å²) in [7, 11) is 0. The first kappa shape index (κ1) is 19.6. The fourth-order valence-corrected chi connectivity index (χ4v) is 4.36. The number of amides is 2. The van der Waals surface area contributed by atoms with Gasteiger partial charge < -0.3 is 14.6 Å². The Kier molecular flexibility index (Phi) is 4.71. The van der Waals surface area contributed by atoms with E-state index < -0.39 is 5.54 Å². The van der Waals surface area contributed by atoms with Crippen LogP contribution in [0, 0.1) is 18.3 Å². The Hall–Kier alpha value is -2.70. The van der Waals surface area contributed by atoms with E-state index in [0.29, 0.717) is 41.9 Å². The number of aryl methyl sites for hydroxylation is 1. The molecule has 1 N–H and O–H groups in total. The van der Waals surface area contributed by atoms with E-state index in [-0.39, 0.29) is 17.2 Å². The van der Waals surface area contributed by atoms with Crippen LogP contribution in [0.3, 0.4) is 0 Å². The fourth-order valence-electron chi connectivity index (χ4n) is 4.36. The van der Waals surface area contributed by atoms with Gasteiger partial charge in [0, 0.05) is 31.1 Å². The SMILES string of the molecule is Cc1nnc([C@]23CC[C@H]2CCN3C(=O)c2ccc(C(=O)NCC(C)(C)C)cc2)o1. The molecule has 29 heavy (non-hydrogen) atoms. The molecule has 1 aliphatic heterocycles. The number of carbonyl (C=O) groups is 2. The van der Waals surface area contributed by atoms with Crippen LogP contribution in [0.2, 0.25) is 0 Å². The molecule has 1 saturated carbocycles. The first-order valence-corrected chi connectivity index (χ1v) is 10.2. The molecule has 2 aromatic rings. The van der Waals surface area contributed by atoms with Gasteiger partial charge in [-0.15, -0.1) is 10.2 Å². The Morgan fingerprint density at radius 3 is 2.41 bits per heavy atom. The summed E-state index contributed by atoms with van der Waals surface area (Å²) in [5.41, 5.74) is 0.667. The minimum Gasteiger partial charge on any atom is -0.423 e. The lowest BCUT2D eigenvalue weighted by Crippen LogP contribution is -2.54. The van der Waals surface area contributed by atoms with Crippen molar-refractivity contribution in [2.75, 3.05) is 13.1 Å². The number of aromatic nitrogens is 2. The van der Waals surface area contributed by atoms with Crippen LogP contribution in [0.1, 0.15) is 72.5 Å². The summed E-state index contributed by atoms with van der Waals surface area (Å²) >= 11 is 0. The van der Waals surface area contributed by atoms with Gasteiger partial charge in [-0.25, -0.2) is 0 Å². The molecule has 7 nitrogen and oxygen atoms in total. The minimum absolute atomic E-state index is 0.0159. The molecule has 2 amide bonds. The predicted molar refractivity (Wildman–Crippen MR) is 107 cm³/mol. The van der Waals surface area contributed by atoms with Crippen LogP contribution in [0.25, 0.3) is 0 Å². The van der Waals surface area contributed by atoms with E-state index in [1.807, 2.05) is 4.90 Å². The Balaban J connectivity index is 1.52. The van der Waals surface area contributed by atoms with Gasteiger partial charge in [-0.3, -0.25) is 9.59 Å². The van der Waals surface area contributed by atoms with Gasteiger partial charge in [0.1, 0.15) is 5.54 Å². The predicted octanol–water partition coefficient (Wildman–Crippen LogP) is 3.31. The van der Waals surface area contributed by atoms with E-state index in [2.05, 4.69) is 36.3 Å². The first-order valence-electron chi connectivity index (χ1n) is 10.2. The highest BCUT2D eigenvalue weighted by atomic mass is 16.4. The zero-order valence-corrected chi connectivity index (χ0v) is 17.5. The van der Waals surface area contributed by atoms with Crippen LogP contribution >= 0.6 is 0 Å². The van der Waals surface area contributed by atoms with Crippen LogP contribution in [-0.2, 0) is 5.54 Å². The van der Waals surface area contributed by atoms with Crippen LogP contribution in [0.4, 0.5) is 0 Å². The summed E-state index contributed by atoms with van der Waals surface area (Å²) < 4.78 is 5.74. The number of fused-ring (bicyclic) bond motifs is 1. The van der Waals surface area contributed by atoms with Crippen molar-refractivity contribution in [1.29, 1.82) is 0 Å². The van der Waals surface area contributed by atoms with E-state index in [0.717, 1.165) is 19.3 Å². The van der Waals surface area contributed by atoms with Crippen molar-refractivity contribution < 1.29 is 14.0 Å². The molecular weight excluding hydrogens is 368 g/mol. The molecular formula is C22H28N4O3. The summed E-state index contributed by atoms with van der Waals surface area (Å²) in [5.74, 6) is 1.26. The number of nitrogens with zero attached hydrogens (tertiary/aromatic N) is 3. The third-order valence-electron chi connectivity index (χ3n) is 6.05. The van der Waals surface area contributed by atoms with Gasteiger partial charge in [0.05, 0.1) is 0 Å². The molecule has 1 aromatic heterocycles. The smallest absolute Gasteiger partial charge is 0.254 e. The highest BCUT2D eigenvalue weighted by Crippen LogP contribution is 2.56. The first-order chi connectivity index (χ1) is 13.7. The second-order valence-electron chi connectivity index (χ2n) is 9.35. The summed E-state index contributed by atoms with van der Waals surface area (Å²) in [6.45, 7) is 9.25. The molecule has 154 valence electrons. The quantitative estimate of drug-likeness (QED) is 0.857. The molecule has 2 aliphatic rings. The van der Waals surface area contributed by atoms with Crippen molar-refractivity contribution in [3.05, 3.63) is 47.2 Å². The third-order valence-corrected chi connectivity index (χ3v) is 6.05. The maximum atomic E-state index is 13.3. The molecule has 2 fully saturated rings. The summed E-state index contributed by atoms with van der Waals surface area (Å²) in [4.78, 5) is 27.5. The number of nitrogens with one attached hydrogen (secondary N) is 1. The van der Waals surface area contributed by atoms with E-state index in [4.69, 9.17) is 4.42 Å². The van der Waals surface area contributed by atoms with E-state index in [9.17, 15) is 9.59 Å². The Morgan fingerprint density at radius 1 is 1.17 bits per heavy atom. The van der Waals surface area contributed by atoms with Gasteiger partial charge in [-0.05, 0) is 54.9 Å². The lowest BCUT2D eigenvalue weighted by molar-refractivity contribution is -0.00343. The second-order valence-corrected chi connectivity index (χ2v) is 9.35. The zero-order valence-electron chi connectivity index (χ0n) is 17.5. The third kappa shape index (κ3) is 3.43. The van der Waals surface area contributed by atoms with E-state index in [1.165, 1.54) is 0 Å². The van der Waals surface area contributed by atoms with Gasteiger partial charge >= 0.3 is 0 Å². The standard InChI is InChI=1S/C22H28N4O3/c1-14-24-25-20(29-14)22-11-9-17(22)10-12-26(22)19(28)16-7-5-15(6-8-16)18(27)23-13-21(2,3)4/h5-8,17H,9-13H2,1-4H3,(H,23,27)/t17-,22-/m0/s1. The lowest BCUT2D eigenvalue weighted by Gasteiger charge is -2.47. The lowest BCUT2D eigenvalue weighted by atomic mass is 9.67. The largest absolute Gasteiger partial charge is 0.423 e. The van der Waals surface area contributed by atoms with Crippen LogP contribution in [0.5, 0.6) is 0 Å². The van der Waals surface area contributed by atoms with Crippen LogP contribution in [0.15, 0.2) is 28.7 Å². The number of carbonyl (C=O) groups excluding carboxylic acids is 2. The monoisotopic (exact) mass is 396 g/mol. The molecule has 0 unspecified atom stereocenters. The minimum atomic E-state index is -0.471. The molecule has 0 spiro atoms. The summed E-state index contributed by atoms with van der Waals surface area (Å²) in [6.07, 6.45) is 2.86. The Bertz CT molecular complexity index is 928. The van der Waals surface area contributed by atoms with Gasteiger partial charge in [-0.2, -0.15) is 0 Å². The highest BCUT2D eigenvalue weighted by Gasteiger charge is 2.61. The molecule has 0 radical (unpaired) electrons. The van der Waals surface area contributed by atoms with Crippen LogP contribution < -0.4 is 5.32 Å². The number of benzene rings is 1. The van der Waals surface area contributed by atoms with Gasteiger partial charge in [0.2, 0.25) is 11.8 Å². The fraction of sp³-hybridized carbons (Fsp3) is 0.545. The van der Waals surface area contributed by atoms with E-state index >= 15 is 0 Å². The molecule has 2 heterocycles. The Morgan fingerprint density at radius 2 is 1.86 bits per heavy atom. The molecule has 0 bridgehead atoms. The van der Waals surface area contributed by atoms with Gasteiger partial charge in [0.25, 0.3) is 11.8 Å². The normalized spacial score (nSPS) is 23.4. The molecule has 1 saturated heterocycles. The molecule has 7 heteroatoms. The molecule has 1 aliphatic carbocycles. The topological polar surface area (TPSA) is 88.3 Å². The number of hydrogen-bond acceptors (Lipinski definition) is 5. The average molecular weight is 396 g/mol. The maximum Gasteiger partial charge on any atom is 0.254 e. The van der Waals surface area contributed by atoms with Gasteiger partial charge in [0.15, 0.2) is 0 Å². The van der Waals surface area contributed by atoms with Gasteiger partial charge in [-0.1, -0.05) is 20.8 Å². The highest BCUT2D eigenvalue weighted by molar-refractivity contribution is 5.98. The molecule has 2 atom stereocenters.